The van der Waals surface area contributed by atoms with Crippen LogP contribution in [-0.4, -0.2) is 60.1 Å². The maximum atomic E-state index is 14.4. The fourth-order valence-electron chi connectivity index (χ4n) is 5.00. The lowest BCUT2D eigenvalue weighted by Crippen LogP contribution is -2.60. The maximum absolute atomic E-state index is 14.4. The number of carbonyl (C=O) groups excluding carboxylic acids is 3. The quantitative estimate of drug-likeness (QED) is 0.344. The van der Waals surface area contributed by atoms with E-state index in [0.29, 0.717) is 12.0 Å². The van der Waals surface area contributed by atoms with Gasteiger partial charge in [0.15, 0.2) is 11.6 Å². The Bertz CT molecular complexity index is 1650. The molecule has 0 aromatic heterocycles. The number of fused-ring (bicyclic) bond motifs is 2. The molecule has 0 saturated carbocycles. The van der Waals surface area contributed by atoms with Crippen molar-refractivity contribution in [3.63, 3.8) is 0 Å². The number of benzene rings is 2. The lowest BCUT2D eigenvalue weighted by Gasteiger charge is -2.42. The van der Waals surface area contributed by atoms with Gasteiger partial charge in [0.05, 0.1) is 18.6 Å². The second kappa shape index (κ2) is 11.3. The highest BCUT2D eigenvalue weighted by atomic mass is 32.2. The number of rotatable bonds is 10. The van der Waals surface area contributed by atoms with E-state index in [2.05, 4.69) is 19.8 Å². The minimum absolute atomic E-state index is 0.000458. The van der Waals surface area contributed by atoms with Crippen LogP contribution in [0.15, 0.2) is 51.8 Å². The molecule has 0 bridgehead atoms. The van der Waals surface area contributed by atoms with Gasteiger partial charge in [0.2, 0.25) is 15.9 Å². The summed E-state index contributed by atoms with van der Waals surface area (Å²) in [6, 6.07) is 10.2. The zero-order valence-corrected chi connectivity index (χ0v) is 24.7. The zero-order valence-electron chi connectivity index (χ0n) is 23.1. The lowest BCUT2D eigenvalue weighted by atomic mass is 9.67. The number of amides is 1. The average molecular weight is 605 g/mol. The summed E-state index contributed by atoms with van der Waals surface area (Å²) in [4.78, 5) is 40.9. The number of nitrogens with one attached hydrogen (secondary N) is 3. The van der Waals surface area contributed by atoms with Crippen molar-refractivity contribution in [1.29, 1.82) is 0 Å². The molecular weight excluding hydrogens is 572 g/mol. The van der Waals surface area contributed by atoms with Gasteiger partial charge in [0, 0.05) is 24.8 Å². The summed E-state index contributed by atoms with van der Waals surface area (Å²) >= 11 is 0. The van der Waals surface area contributed by atoms with Crippen molar-refractivity contribution in [2.45, 2.75) is 43.5 Å². The number of nitrogens with zero attached hydrogens (tertiary/aromatic N) is 1. The van der Waals surface area contributed by atoms with Crippen LogP contribution in [0.4, 0.5) is 11.4 Å². The van der Waals surface area contributed by atoms with Gasteiger partial charge in [-0.2, -0.15) is 8.42 Å². The predicted octanol–water partition coefficient (Wildman–Crippen LogP) is 2.44. The molecule has 0 spiro atoms. The number of Topliss-reactive ketones (excluding diaryl/α,β-unsaturated/α-hetero) is 2. The normalized spacial score (nSPS) is 21.4. The van der Waals surface area contributed by atoms with E-state index in [0.717, 1.165) is 12.3 Å². The van der Waals surface area contributed by atoms with E-state index < -0.39 is 54.8 Å². The number of ketones is 2. The van der Waals surface area contributed by atoms with Gasteiger partial charge in [-0.15, -0.1) is 4.40 Å². The van der Waals surface area contributed by atoms with Crippen LogP contribution in [0.2, 0.25) is 0 Å². The highest BCUT2D eigenvalue weighted by molar-refractivity contribution is 7.92. The molecule has 1 amide bonds. The molecule has 220 valence electrons. The smallest absolute Gasteiger partial charge is 0.286 e. The van der Waals surface area contributed by atoms with E-state index in [9.17, 15) is 31.2 Å². The van der Waals surface area contributed by atoms with Crippen LogP contribution >= 0.6 is 0 Å². The first kappa shape index (κ1) is 30.3. The van der Waals surface area contributed by atoms with Gasteiger partial charge < -0.3 is 15.4 Å². The van der Waals surface area contributed by atoms with Crippen molar-refractivity contribution >= 4 is 54.7 Å². The van der Waals surface area contributed by atoms with Crippen LogP contribution < -0.4 is 15.4 Å². The molecule has 0 saturated heterocycles. The van der Waals surface area contributed by atoms with Crippen LogP contribution in [0.5, 0.6) is 0 Å². The van der Waals surface area contributed by atoms with Crippen molar-refractivity contribution in [3.05, 3.63) is 53.6 Å². The molecule has 0 fully saturated rings. The van der Waals surface area contributed by atoms with Crippen LogP contribution in [-0.2, 0) is 39.9 Å². The largest absolute Gasteiger partial charge is 0.384 e. The monoisotopic (exact) mass is 604 g/mol. The second-order valence-electron chi connectivity index (χ2n) is 10.5. The third-order valence-corrected chi connectivity index (χ3v) is 8.83. The number of sulfonamides is 2. The van der Waals surface area contributed by atoms with Gasteiger partial charge in [-0.05, 0) is 42.5 Å². The Labute approximate surface area is 239 Å². The third kappa shape index (κ3) is 6.19. The molecule has 3 N–H and O–H groups in total. The van der Waals surface area contributed by atoms with E-state index in [1.165, 1.54) is 25.3 Å². The Hall–Kier alpha value is -3.62. The number of ether oxygens (including phenoxy) is 1. The number of carbonyl (C=O) groups is 3. The Morgan fingerprint density at radius 2 is 1.88 bits per heavy atom. The molecule has 2 aromatic carbocycles. The standard InChI is InChI=1S/C27H32N4O8S2/c1-16(2)11-13-27(29-22(32)12-14-39-3)19-8-6-5-7-18(19)24(33)23(25(27)34)26-28-20-10-9-17(30-40(4,35)36)15-21(20)41(37,38)31-26/h5-10,15-16,23,30H,11-14H2,1-4H3,(H,28,31)(H,29,32). The molecule has 14 heteroatoms. The van der Waals surface area contributed by atoms with Crippen molar-refractivity contribution in [3.8, 4) is 0 Å². The van der Waals surface area contributed by atoms with Gasteiger partial charge in [-0.25, -0.2) is 8.42 Å². The van der Waals surface area contributed by atoms with Crippen molar-refractivity contribution in [2.24, 2.45) is 16.2 Å². The lowest BCUT2D eigenvalue weighted by molar-refractivity contribution is -0.134. The molecule has 41 heavy (non-hydrogen) atoms. The van der Waals surface area contributed by atoms with Crippen LogP contribution in [0.1, 0.15) is 49.0 Å². The number of amidine groups is 1. The van der Waals surface area contributed by atoms with Crippen molar-refractivity contribution in [2.75, 3.05) is 30.0 Å². The predicted molar refractivity (Wildman–Crippen MR) is 153 cm³/mol. The molecule has 2 aromatic rings. The summed E-state index contributed by atoms with van der Waals surface area (Å²) in [6.45, 7) is 4.04. The first-order chi connectivity index (χ1) is 19.2. The van der Waals surface area contributed by atoms with E-state index >= 15 is 0 Å². The molecule has 1 aliphatic carbocycles. The summed E-state index contributed by atoms with van der Waals surface area (Å²) in [6.07, 6.45) is 1.58. The highest BCUT2D eigenvalue weighted by Gasteiger charge is 2.54. The highest BCUT2D eigenvalue weighted by Crippen LogP contribution is 2.42. The van der Waals surface area contributed by atoms with E-state index in [4.69, 9.17) is 4.74 Å². The first-order valence-corrected chi connectivity index (χ1v) is 16.2. The molecule has 2 atom stereocenters. The summed E-state index contributed by atoms with van der Waals surface area (Å²) < 4.78 is 60.8. The first-order valence-electron chi connectivity index (χ1n) is 12.9. The van der Waals surface area contributed by atoms with E-state index in [1.807, 2.05) is 13.8 Å². The zero-order chi connectivity index (χ0) is 30.2. The number of hydrogen-bond donors (Lipinski definition) is 3. The van der Waals surface area contributed by atoms with E-state index in [1.54, 1.807) is 18.2 Å². The van der Waals surface area contributed by atoms with Gasteiger partial charge in [-0.3, -0.25) is 19.1 Å². The van der Waals surface area contributed by atoms with Gasteiger partial charge in [0.1, 0.15) is 22.2 Å². The molecule has 2 unspecified atom stereocenters. The van der Waals surface area contributed by atoms with Crippen molar-refractivity contribution < 1.29 is 36.0 Å². The van der Waals surface area contributed by atoms with Gasteiger partial charge >= 0.3 is 0 Å². The molecule has 0 radical (unpaired) electrons. The molecule has 4 rings (SSSR count). The summed E-state index contributed by atoms with van der Waals surface area (Å²) in [5, 5.41) is 5.68. The minimum atomic E-state index is -4.46. The fourth-order valence-corrected chi connectivity index (χ4v) is 6.74. The Morgan fingerprint density at radius 1 is 1.17 bits per heavy atom. The molecule has 1 heterocycles. The Balaban J connectivity index is 1.84. The van der Waals surface area contributed by atoms with Crippen LogP contribution in [0, 0.1) is 11.8 Å². The SMILES string of the molecule is COCCC(=O)NC1(CCC(C)C)C(=O)C(C2=NS(=O)(=O)c3cc(NS(C)(=O)=O)ccc3N2)C(=O)c2ccccc21. The van der Waals surface area contributed by atoms with E-state index in [-0.39, 0.29) is 47.2 Å². The Kier molecular flexibility index (Phi) is 8.39. The summed E-state index contributed by atoms with van der Waals surface area (Å²) in [5.74, 6) is -3.73. The van der Waals surface area contributed by atoms with Gasteiger partial charge in [-0.1, -0.05) is 38.1 Å². The number of methoxy groups -OCH3 is 1. The molecule has 2 aliphatic rings. The topological polar surface area (TPSA) is 177 Å². The van der Waals surface area contributed by atoms with Crippen LogP contribution in [0.3, 0.4) is 0 Å². The molecule has 1 aliphatic heterocycles. The third-order valence-electron chi connectivity index (χ3n) is 6.90. The summed E-state index contributed by atoms with van der Waals surface area (Å²) in [7, 11) is -6.70. The van der Waals surface area contributed by atoms with Crippen LogP contribution in [0.25, 0.3) is 0 Å². The summed E-state index contributed by atoms with van der Waals surface area (Å²) in [5.41, 5.74) is -1.09. The maximum Gasteiger partial charge on any atom is 0.286 e. The minimum Gasteiger partial charge on any atom is -0.384 e. The number of hydrogen-bond acceptors (Lipinski definition) is 9. The second-order valence-corrected chi connectivity index (χ2v) is 13.8. The molecular formula is C27H32N4O8S2. The fraction of sp³-hybridized carbons (Fsp3) is 0.407. The number of anilines is 2. The molecule has 12 nitrogen and oxygen atoms in total. The Morgan fingerprint density at radius 3 is 2.54 bits per heavy atom. The average Bonchev–Trinajstić information content (AvgIpc) is 2.88. The van der Waals surface area contributed by atoms with Gasteiger partial charge in [0.25, 0.3) is 10.0 Å². The van der Waals surface area contributed by atoms with Crippen molar-refractivity contribution in [1.82, 2.24) is 5.32 Å².